The van der Waals surface area contributed by atoms with E-state index >= 15 is 0 Å². The molecule has 2 aromatic carbocycles. The molecule has 4 rings (SSSR count). The van der Waals surface area contributed by atoms with Gasteiger partial charge in [0.15, 0.2) is 0 Å². The number of benzene rings is 2. The number of hydrogen-bond acceptors (Lipinski definition) is 2. The van der Waals surface area contributed by atoms with Crippen molar-refractivity contribution in [3.8, 4) is 11.4 Å². The van der Waals surface area contributed by atoms with Gasteiger partial charge in [0.05, 0.1) is 11.0 Å². The molecule has 3 aromatic rings. The second kappa shape index (κ2) is 4.56. The lowest BCUT2D eigenvalue weighted by molar-refractivity contribution is 0.629. The van der Waals surface area contributed by atoms with Crippen LogP contribution in [-0.4, -0.2) is 9.55 Å². The van der Waals surface area contributed by atoms with Gasteiger partial charge in [-0.25, -0.2) is 9.37 Å². The Morgan fingerprint density at radius 3 is 2.76 bits per heavy atom. The summed E-state index contributed by atoms with van der Waals surface area (Å²) < 4.78 is 16.6. The van der Waals surface area contributed by atoms with Crippen LogP contribution in [0.5, 0.6) is 0 Å². The first-order chi connectivity index (χ1) is 10.1. The lowest BCUT2D eigenvalue weighted by Gasteiger charge is -2.10. The lowest BCUT2D eigenvalue weighted by Crippen LogP contribution is -2.00. The van der Waals surface area contributed by atoms with Crippen molar-refractivity contribution in [3.05, 3.63) is 46.7 Å². The molecule has 1 aromatic heterocycles. The fourth-order valence-electron chi connectivity index (χ4n) is 2.69. The summed E-state index contributed by atoms with van der Waals surface area (Å²) >= 11 is 3.47. The highest BCUT2D eigenvalue weighted by molar-refractivity contribution is 9.10. The normalized spacial score (nSPS) is 14.8. The van der Waals surface area contributed by atoms with Crippen molar-refractivity contribution in [1.29, 1.82) is 0 Å². The summed E-state index contributed by atoms with van der Waals surface area (Å²) in [7, 11) is 0. The van der Waals surface area contributed by atoms with Crippen LogP contribution in [0, 0.1) is 5.82 Å². The van der Waals surface area contributed by atoms with E-state index in [4.69, 9.17) is 5.73 Å². The molecule has 1 heterocycles. The zero-order valence-corrected chi connectivity index (χ0v) is 12.8. The fraction of sp³-hybridized carbons (Fsp3) is 0.188. The number of nitrogens with two attached hydrogens (primary N) is 1. The molecule has 1 saturated carbocycles. The van der Waals surface area contributed by atoms with E-state index in [1.807, 2.05) is 18.2 Å². The van der Waals surface area contributed by atoms with Gasteiger partial charge in [-0.3, -0.25) is 0 Å². The highest BCUT2D eigenvalue weighted by Crippen LogP contribution is 2.42. The van der Waals surface area contributed by atoms with Gasteiger partial charge in [-0.2, -0.15) is 0 Å². The monoisotopic (exact) mass is 345 g/mol. The van der Waals surface area contributed by atoms with Crippen LogP contribution in [0.2, 0.25) is 0 Å². The van der Waals surface area contributed by atoms with E-state index in [0.29, 0.717) is 17.2 Å². The topological polar surface area (TPSA) is 43.8 Å². The minimum Gasteiger partial charge on any atom is -0.398 e. The molecule has 0 saturated heterocycles. The molecule has 0 bridgehead atoms. The van der Waals surface area contributed by atoms with Crippen molar-refractivity contribution < 1.29 is 4.39 Å². The molecular weight excluding hydrogens is 333 g/mol. The number of anilines is 1. The maximum Gasteiger partial charge on any atom is 0.143 e. The molecule has 106 valence electrons. The third kappa shape index (κ3) is 2.12. The number of nitrogen functional groups attached to an aromatic ring is 1. The zero-order chi connectivity index (χ0) is 14.6. The maximum atomic E-state index is 13.5. The predicted molar refractivity (Wildman–Crippen MR) is 85.5 cm³/mol. The van der Waals surface area contributed by atoms with Crippen LogP contribution in [0.1, 0.15) is 18.9 Å². The summed E-state index contributed by atoms with van der Waals surface area (Å²) in [6.45, 7) is 0. The largest absolute Gasteiger partial charge is 0.398 e. The van der Waals surface area contributed by atoms with E-state index in [-0.39, 0.29) is 5.82 Å². The Morgan fingerprint density at radius 1 is 1.19 bits per heavy atom. The summed E-state index contributed by atoms with van der Waals surface area (Å²) in [6, 6.07) is 10.9. The number of nitrogens with zero attached hydrogens (tertiary/aromatic N) is 2. The van der Waals surface area contributed by atoms with Crippen LogP contribution in [0.25, 0.3) is 22.4 Å². The van der Waals surface area contributed by atoms with Gasteiger partial charge in [-0.15, -0.1) is 0 Å². The number of imidazole rings is 1. The quantitative estimate of drug-likeness (QED) is 0.693. The molecule has 3 nitrogen and oxygen atoms in total. The van der Waals surface area contributed by atoms with Crippen LogP contribution in [-0.2, 0) is 0 Å². The van der Waals surface area contributed by atoms with E-state index < -0.39 is 0 Å². The van der Waals surface area contributed by atoms with Gasteiger partial charge >= 0.3 is 0 Å². The van der Waals surface area contributed by atoms with Crippen LogP contribution < -0.4 is 5.73 Å². The van der Waals surface area contributed by atoms with Gasteiger partial charge < -0.3 is 10.3 Å². The summed E-state index contributed by atoms with van der Waals surface area (Å²) in [4.78, 5) is 4.63. The Morgan fingerprint density at radius 2 is 2.00 bits per heavy atom. The zero-order valence-electron chi connectivity index (χ0n) is 11.2. The number of aromatic nitrogens is 2. The van der Waals surface area contributed by atoms with Crippen molar-refractivity contribution >= 4 is 32.7 Å². The molecule has 5 heteroatoms. The third-order valence-corrected chi connectivity index (χ3v) is 4.31. The van der Waals surface area contributed by atoms with E-state index in [0.717, 1.165) is 34.2 Å². The Kier molecular flexibility index (Phi) is 2.79. The molecule has 21 heavy (non-hydrogen) atoms. The number of fused-ring (bicyclic) bond motifs is 1. The van der Waals surface area contributed by atoms with Crippen LogP contribution in [0.3, 0.4) is 0 Å². The SMILES string of the molecule is Nc1ccc(Br)cc1-c1nc2cc(F)ccc2n1C1CC1. The van der Waals surface area contributed by atoms with Crippen molar-refractivity contribution in [3.63, 3.8) is 0 Å². The minimum absolute atomic E-state index is 0.267. The third-order valence-electron chi connectivity index (χ3n) is 3.82. The highest BCUT2D eigenvalue weighted by atomic mass is 79.9. The first kappa shape index (κ1) is 12.8. The summed E-state index contributed by atoms with van der Waals surface area (Å²) in [5.74, 6) is 0.550. The molecule has 0 amide bonds. The molecule has 0 unspecified atom stereocenters. The molecule has 1 aliphatic rings. The van der Waals surface area contributed by atoms with Gasteiger partial charge in [0, 0.05) is 27.8 Å². The molecule has 0 atom stereocenters. The van der Waals surface area contributed by atoms with E-state index in [9.17, 15) is 4.39 Å². The minimum atomic E-state index is -0.267. The molecular formula is C16H13BrFN3. The summed E-state index contributed by atoms with van der Waals surface area (Å²) in [5, 5.41) is 0. The summed E-state index contributed by atoms with van der Waals surface area (Å²) in [6.07, 6.45) is 2.26. The Balaban J connectivity index is 2.03. The van der Waals surface area contributed by atoms with Crippen LogP contribution in [0.15, 0.2) is 40.9 Å². The van der Waals surface area contributed by atoms with Crippen molar-refractivity contribution in [2.75, 3.05) is 5.73 Å². The second-order valence-corrected chi connectivity index (χ2v) is 6.32. The summed E-state index contributed by atoms with van der Waals surface area (Å²) in [5.41, 5.74) is 9.32. The average Bonchev–Trinajstić information content (AvgIpc) is 3.22. The van der Waals surface area contributed by atoms with Crippen LogP contribution in [0.4, 0.5) is 10.1 Å². The average molecular weight is 346 g/mol. The lowest BCUT2D eigenvalue weighted by atomic mass is 10.1. The van der Waals surface area contributed by atoms with E-state index in [1.54, 1.807) is 6.07 Å². The first-order valence-corrected chi connectivity index (χ1v) is 7.65. The highest BCUT2D eigenvalue weighted by Gasteiger charge is 2.29. The fourth-order valence-corrected chi connectivity index (χ4v) is 3.05. The Bertz CT molecular complexity index is 852. The van der Waals surface area contributed by atoms with Crippen LogP contribution >= 0.6 is 15.9 Å². The molecule has 1 fully saturated rings. The standard InChI is InChI=1S/C16H13BrFN3/c17-9-1-5-13(19)12(7-9)16-20-14-8-10(18)2-6-15(14)21(16)11-3-4-11/h1-2,5-8,11H,3-4,19H2. The molecule has 0 radical (unpaired) electrons. The molecule has 2 N–H and O–H groups in total. The Hall–Kier alpha value is -1.88. The van der Waals surface area contributed by atoms with E-state index in [2.05, 4.69) is 25.5 Å². The Labute approximate surface area is 129 Å². The molecule has 0 spiro atoms. The van der Waals surface area contributed by atoms with Crippen molar-refractivity contribution in [2.24, 2.45) is 0 Å². The maximum absolute atomic E-state index is 13.5. The van der Waals surface area contributed by atoms with Gasteiger partial charge in [0.25, 0.3) is 0 Å². The second-order valence-electron chi connectivity index (χ2n) is 5.40. The smallest absolute Gasteiger partial charge is 0.143 e. The van der Waals surface area contributed by atoms with Crippen molar-refractivity contribution in [1.82, 2.24) is 9.55 Å². The molecule has 0 aliphatic heterocycles. The number of halogens is 2. The first-order valence-electron chi connectivity index (χ1n) is 6.86. The van der Waals surface area contributed by atoms with Crippen molar-refractivity contribution in [2.45, 2.75) is 18.9 Å². The van der Waals surface area contributed by atoms with Gasteiger partial charge in [0.1, 0.15) is 11.6 Å². The van der Waals surface area contributed by atoms with Gasteiger partial charge in [0.2, 0.25) is 0 Å². The number of rotatable bonds is 2. The van der Waals surface area contributed by atoms with E-state index in [1.165, 1.54) is 12.1 Å². The predicted octanol–water partition coefficient (Wildman–Crippen LogP) is 4.52. The van der Waals surface area contributed by atoms with Gasteiger partial charge in [-0.05, 0) is 43.2 Å². The molecule has 1 aliphatic carbocycles. The van der Waals surface area contributed by atoms with Gasteiger partial charge in [-0.1, -0.05) is 15.9 Å². The number of hydrogen-bond donors (Lipinski definition) is 1.